The highest BCUT2D eigenvalue weighted by atomic mass is 35.5. The number of aryl methyl sites for hydroxylation is 1. The van der Waals surface area contributed by atoms with Gasteiger partial charge < -0.3 is 9.80 Å². The molecule has 1 aliphatic rings. The second kappa shape index (κ2) is 8.98. The van der Waals surface area contributed by atoms with E-state index in [9.17, 15) is 22.0 Å². The first-order chi connectivity index (χ1) is 16.0. The third kappa shape index (κ3) is 4.51. The predicted molar refractivity (Wildman–Crippen MR) is 129 cm³/mol. The van der Waals surface area contributed by atoms with Gasteiger partial charge in [0, 0.05) is 7.05 Å². The Balaban J connectivity index is 1.81. The number of nitrogens with zero attached hydrogens (tertiary/aromatic N) is 2. The van der Waals surface area contributed by atoms with Crippen molar-refractivity contribution in [2.24, 2.45) is 5.14 Å². The minimum atomic E-state index is -3.91. The molecule has 0 atom stereocenters. The standard InChI is InChI=1S/C24H22ClF2N3O3S/c1-14-6-8-17(34(28,32)33)11-18(14)15-7-9-21(22(10-15)30-12-16(26)13-30)29(2)24(31)23-19(25)4-3-5-20(23)27/h3-11,16H,12-13H2,1-2H3,(H2,28,32,33). The van der Waals surface area contributed by atoms with Crippen molar-refractivity contribution in [2.45, 2.75) is 18.0 Å². The summed E-state index contributed by atoms with van der Waals surface area (Å²) in [5, 5.41) is 5.28. The summed E-state index contributed by atoms with van der Waals surface area (Å²) in [6.07, 6.45) is -1.01. The lowest BCUT2D eigenvalue weighted by atomic mass is 9.98. The van der Waals surface area contributed by atoms with Gasteiger partial charge in [0.25, 0.3) is 5.91 Å². The number of nitrogens with two attached hydrogens (primary N) is 1. The smallest absolute Gasteiger partial charge is 0.262 e. The van der Waals surface area contributed by atoms with Crippen molar-refractivity contribution < 1.29 is 22.0 Å². The van der Waals surface area contributed by atoms with Crippen LogP contribution in [0.25, 0.3) is 11.1 Å². The van der Waals surface area contributed by atoms with Crippen molar-refractivity contribution in [3.63, 3.8) is 0 Å². The van der Waals surface area contributed by atoms with Crippen LogP contribution >= 0.6 is 11.6 Å². The number of amides is 1. The molecule has 0 unspecified atom stereocenters. The lowest BCUT2D eigenvalue weighted by molar-refractivity contribution is 0.0989. The van der Waals surface area contributed by atoms with Crippen molar-refractivity contribution in [3.8, 4) is 11.1 Å². The first-order valence-corrected chi connectivity index (χ1v) is 12.3. The lowest BCUT2D eigenvalue weighted by Crippen LogP contribution is -2.49. The predicted octanol–water partition coefficient (Wildman–Crippen LogP) is 4.54. The van der Waals surface area contributed by atoms with Gasteiger partial charge in [-0.25, -0.2) is 22.3 Å². The van der Waals surface area contributed by atoms with Crippen LogP contribution in [-0.4, -0.2) is 40.6 Å². The molecule has 0 radical (unpaired) electrons. The van der Waals surface area contributed by atoms with E-state index in [4.69, 9.17) is 16.7 Å². The van der Waals surface area contributed by atoms with Crippen molar-refractivity contribution in [1.82, 2.24) is 0 Å². The Bertz CT molecular complexity index is 1370. The van der Waals surface area contributed by atoms with Gasteiger partial charge in [-0.1, -0.05) is 29.8 Å². The molecule has 4 rings (SSSR count). The van der Waals surface area contributed by atoms with Gasteiger partial charge in [-0.2, -0.15) is 0 Å². The molecular weight excluding hydrogens is 484 g/mol. The fourth-order valence-electron chi connectivity index (χ4n) is 3.92. The van der Waals surface area contributed by atoms with Gasteiger partial charge in [-0.15, -0.1) is 0 Å². The summed E-state index contributed by atoms with van der Waals surface area (Å²) < 4.78 is 51.8. The Labute approximate surface area is 201 Å². The number of anilines is 2. The maximum atomic E-state index is 14.4. The number of carbonyl (C=O) groups is 1. The fourth-order valence-corrected chi connectivity index (χ4v) is 4.70. The normalized spacial score (nSPS) is 14.1. The average Bonchev–Trinajstić information content (AvgIpc) is 2.75. The Morgan fingerprint density at radius 2 is 1.85 bits per heavy atom. The van der Waals surface area contributed by atoms with Crippen LogP contribution in [0.15, 0.2) is 59.5 Å². The molecule has 0 aromatic heterocycles. The molecule has 1 amide bonds. The van der Waals surface area contributed by atoms with E-state index in [1.54, 1.807) is 29.2 Å². The van der Waals surface area contributed by atoms with Crippen LogP contribution in [0, 0.1) is 12.7 Å². The molecule has 0 saturated carbocycles. The highest BCUT2D eigenvalue weighted by Crippen LogP contribution is 2.38. The molecule has 3 aromatic carbocycles. The quantitative estimate of drug-likeness (QED) is 0.552. The molecular formula is C24H22ClF2N3O3S. The van der Waals surface area contributed by atoms with E-state index in [1.807, 2.05) is 6.92 Å². The molecule has 6 nitrogen and oxygen atoms in total. The molecule has 1 aliphatic heterocycles. The second-order valence-electron chi connectivity index (χ2n) is 8.19. The number of hydrogen-bond acceptors (Lipinski definition) is 4. The molecule has 178 valence electrons. The summed E-state index contributed by atoms with van der Waals surface area (Å²) >= 11 is 6.08. The van der Waals surface area contributed by atoms with Crippen LogP contribution in [0.3, 0.4) is 0 Å². The number of benzene rings is 3. The Morgan fingerprint density at radius 1 is 1.15 bits per heavy atom. The zero-order valence-corrected chi connectivity index (χ0v) is 20.0. The van der Waals surface area contributed by atoms with Gasteiger partial charge in [-0.05, 0) is 60.0 Å². The Morgan fingerprint density at radius 3 is 2.47 bits per heavy atom. The molecule has 3 aromatic rings. The number of primary sulfonamides is 1. The molecule has 1 fully saturated rings. The number of halogens is 3. The first kappa shape index (κ1) is 24.1. The van der Waals surface area contributed by atoms with Crippen LogP contribution in [0.4, 0.5) is 20.2 Å². The van der Waals surface area contributed by atoms with E-state index in [-0.39, 0.29) is 28.6 Å². The molecule has 1 saturated heterocycles. The summed E-state index contributed by atoms with van der Waals surface area (Å²) in [7, 11) is -2.42. The van der Waals surface area contributed by atoms with Gasteiger partial charge in [0.05, 0.1) is 39.9 Å². The van der Waals surface area contributed by atoms with Crippen molar-refractivity contribution in [3.05, 3.63) is 76.6 Å². The number of sulfonamides is 1. The van der Waals surface area contributed by atoms with Gasteiger partial charge in [0.15, 0.2) is 0 Å². The van der Waals surface area contributed by atoms with E-state index < -0.39 is 27.9 Å². The third-order valence-corrected chi connectivity index (χ3v) is 7.07. The van der Waals surface area contributed by atoms with E-state index in [0.717, 1.165) is 11.6 Å². The minimum absolute atomic E-state index is 0.0155. The van der Waals surface area contributed by atoms with E-state index >= 15 is 0 Å². The number of rotatable bonds is 5. The number of carbonyl (C=O) groups excluding carboxylic acids is 1. The van der Waals surface area contributed by atoms with Crippen molar-refractivity contribution >= 4 is 38.9 Å². The van der Waals surface area contributed by atoms with E-state index in [1.165, 1.54) is 36.2 Å². The second-order valence-corrected chi connectivity index (χ2v) is 10.2. The molecule has 0 aliphatic carbocycles. The van der Waals surface area contributed by atoms with Gasteiger partial charge >= 0.3 is 0 Å². The maximum Gasteiger partial charge on any atom is 0.262 e. The van der Waals surface area contributed by atoms with Crippen LogP contribution in [0.1, 0.15) is 15.9 Å². The largest absolute Gasteiger partial charge is 0.364 e. The van der Waals surface area contributed by atoms with Crippen LogP contribution < -0.4 is 14.9 Å². The number of alkyl halides is 1. The highest BCUT2D eigenvalue weighted by molar-refractivity contribution is 7.89. The maximum absolute atomic E-state index is 14.4. The fraction of sp³-hybridized carbons (Fsp3) is 0.208. The molecule has 0 bridgehead atoms. The van der Waals surface area contributed by atoms with Crippen LogP contribution in [0.2, 0.25) is 5.02 Å². The molecule has 2 N–H and O–H groups in total. The summed E-state index contributed by atoms with van der Waals surface area (Å²) in [5.41, 5.74) is 2.82. The summed E-state index contributed by atoms with van der Waals surface area (Å²) in [4.78, 5) is 16.1. The molecule has 34 heavy (non-hydrogen) atoms. The Kier molecular flexibility index (Phi) is 6.37. The zero-order chi connectivity index (χ0) is 24.8. The van der Waals surface area contributed by atoms with Gasteiger partial charge in [-0.3, -0.25) is 4.79 Å². The van der Waals surface area contributed by atoms with E-state index in [2.05, 4.69) is 0 Å². The molecule has 0 spiro atoms. The SMILES string of the molecule is Cc1ccc(S(N)(=O)=O)cc1-c1ccc(N(C)C(=O)c2c(F)cccc2Cl)c(N2CC(F)C2)c1. The number of hydrogen-bond donors (Lipinski definition) is 1. The molecule has 10 heteroatoms. The topological polar surface area (TPSA) is 83.7 Å². The van der Waals surface area contributed by atoms with Crippen molar-refractivity contribution in [2.75, 3.05) is 29.9 Å². The van der Waals surface area contributed by atoms with Crippen molar-refractivity contribution in [1.29, 1.82) is 0 Å². The van der Waals surface area contributed by atoms with Crippen LogP contribution in [0.5, 0.6) is 0 Å². The lowest BCUT2D eigenvalue weighted by Gasteiger charge is -2.39. The summed E-state index contributed by atoms with van der Waals surface area (Å²) in [6, 6.07) is 13.7. The third-order valence-electron chi connectivity index (χ3n) is 5.84. The first-order valence-electron chi connectivity index (χ1n) is 10.4. The monoisotopic (exact) mass is 505 g/mol. The highest BCUT2D eigenvalue weighted by Gasteiger charge is 2.31. The molecule has 1 heterocycles. The summed E-state index contributed by atoms with van der Waals surface area (Å²) in [5.74, 6) is -1.40. The van der Waals surface area contributed by atoms with Crippen LogP contribution in [-0.2, 0) is 10.0 Å². The van der Waals surface area contributed by atoms with Gasteiger partial charge in [0.1, 0.15) is 12.0 Å². The van der Waals surface area contributed by atoms with Gasteiger partial charge in [0.2, 0.25) is 10.0 Å². The summed E-state index contributed by atoms with van der Waals surface area (Å²) in [6.45, 7) is 2.09. The average molecular weight is 506 g/mol. The minimum Gasteiger partial charge on any atom is -0.364 e. The Hall–Kier alpha value is -3.01. The van der Waals surface area contributed by atoms with E-state index in [0.29, 0.717) is 22.5 Å². The zero-order valence-electron chi connectivity index (χ0n) is 18.4.